The number of aryl methyl sites for hydroxylation is 2. The van der Waals surface area contributed by atoms with Gasteiger partial charge in [-0.25, -0.2) is 4.99 Å². The van der Waals surface area contributed by atoms with Gasteiger partial charge >= 0.3 is 0 Å². The molecule has 0 atom stereocenters. The third-order valence-electron chi connectivity index (χ3n) is 4.13. The summed E-state index contributed by atoms with van der Waals surface area (Å²) in [5.41, 5.74) is 4.23. The summed E-state index contributed by atoms with van der Waals surface area (Å²) in [6, 6.07) is 13.7. The molecule has 0 aromatic heterocycles. The molecule has 0 saturated carbocycles. The second-order valence-electron chi connectivity index (χ2n) is 5.91. The molecule has 25 heavy (non-hydrogen) atoms. The Bertz CT molecular complexity index is 870. The van der Waals surface area contributed by atoms with E-state index in [9.17, 15) is 4.79 Å². The monoisotopic (exact) mass is 352 g/mol. The van der Waals surface area contributed by atoms with Crippen LogP contribution in [0.25, 0.3) is 6.08 Å². The highest BCUT2D eigenvalue weighted by Gasteiger charge is 2.30. The average Bonchev–Trinajstić information content (AvgIpc) is 2.87. The van der Waals surface area contributed by atoms with Crippen molar-refractivity contribution in [3.8, 4) is 5.75 Å². The van der Waals surface area contributed by atoms with Crippen LogP contribution in [0.15, 0.2) is 52.4 Å². The van der Waals surface area contributed by atoms with E-state index >= 15 is 0 Å². The van der Waals surface area contributed by atoms with Gasteiger partial charge in [-0.05, 0) is 72.6 Å². The number of thioether (sulfide) groups is 1. The minimum Gasteiger partial charge on any atom is -0.497 e. The fraction of sp³-hybridized carbons (Fsp3) is 0.200. The molecule has 2 aromatic carbocycles. The Kier molecular flexibility index (Phi) is 4.95. The average molecular weight is 352 g/mol. The van der Waals surface area contributed by atoms with Crippen LogP contribution < -0.4 is 4.74 Å². The second kappa shape index (κ2) is 7.15. The number of amidine groups is 1. The topological polar surface area (TPSA) is 41.9 Å². The predicted molar refractivity (Wildman–Crippen MR) is 104 cm³/mol. The van der Waals surface area contributed by atoms with Crippen molar-refractivity contribution in [1.29, 1.82) is 0 Å². The number of amides is 1. The molecule has 0 radical (unpaired) electrons. The molecule has 1 amide bonds. The van der Waals surface area contributed by atoms with E-state index in [0.29, 0.717) is 10.1 Å². The fourth-order valence-corrected chi connectivity index (χ4v) is 3.40. The molecule has 128 valence electrons. The molecule has 1 aliphatic rings. The van der Waals surface area contributed by atoms with Crippen molar-refractivity contribution in [2.45, 2.75) is 13.8 Å². The van der Waals surface area contributed by atoms with Crippen molar-refractivity contribution in [2.75, 3.05) is 14.2 Å². The van der Waals surface area contributed by atoms with Crippen LogP contribution in [-0.2, 0) is 4.79 Å². The maximum atomic E-state index is 12.5. The van der Waals surface area contributed by atoms with Crippen LogP contribution in [0.3, 0.4) is 0 Å². The Morgan fingerprint density at radius 1 is 1.08 bits per heavy atom. The predicted octanol–water partition coefficient (Wildman–Crippen LogP) is 4.55. The molecule has 0 spiro atoms. The SMILES string of the molecule is COc1ccc(/C=C2/SC(=Nc3ccc(C)c(C)c3)N(C)C2=O)cc1. The molecule has 0 aliphatic carbocycles. The number of rotatable bonds is 3. The van der Waals surface area contributed by atoms with Gasteiger partial charge in [0.15, 0.2) is 5.17 Å². The van der Waals surface area contributed by atoms with Gasteiger partial charge in [-0.1, -0.05) is 18.2 Å². The Hall–Kier alpha value is -2.53. The van der Waals surface area contributed by atoms with Crippen LogP contribution in [0.5, 0.6) is 5.75 Å². The van der Waals surface area contributed by atoms with Gasteiger partial charge in [0.25, 0.3) is 5.91 Å². The number of ether oxygens (including phenoxy) is 1. The number of aliphatic imine (C=N–C) groups is 1. The highest BCUT2D eigenvalue weighted by atomic mass is 32.2. The highest BCUT2D eigenvalue weighted by Crippen LogP contribution is 2.33. The quantitative estimate of drug-likeness (QED) is 0.761. The van der Waals surface area contributed by atoms with Crippen LogP contribution in [-0.4, -0.2) is 30.1 Å². The zero-order valence-electron chi connectivity index (χ0n) is 14.7. The van der Waals surface area contributed by atoms with Crippen LogP contribution >= 0.6 is 11.8 Å². The molecule has 1 fully saturated rings. The first-order chi connectivity index (χ1) is 12.0. The maximum absolute atomic E-state index is 12.5. The van der Waals surface area contributed by atoms with Gasteiger partial charge in [-0.3, -0.25) is 9.69 Å². The van der Waals surface area contributed by atoms with Gasteiger partial charge in [-0.15, -0.1) is 0 Å². The summed E-state index contributed by atoms with van der Waals surface area (Å²) in [5.74, 6) is 0.755. The van der Waals surface area contributed by atoms with Crippen LogP contribution in [0.1, 0.15) is 16.7 Å². The lowest BCUT2D eigenvalue weighted by atomic mass is 10.1. The molecule has 0 N–H and O–H groups in total. The number of methoxy groups -OCH3 is 1. The summed E-state index contributed by atoms with van der Waals surface area (Å²) in [5, 5.41) is 0.688. The summed E-state index contributed by atoms with van der Waals surface area (Å²) in [6.45, 7) is 4.13. The van der Waals surface area contributed by atoms with E-state index in [4.69, 9.17) is 4.74 Å². The van der Waals surface area contributed by atoms with E-state index in [-0.39, 0.29) is 5.91 Å². The number of benzene rings is 2. The van der Waals surface area contributed by atoms with Gasteiger partial charge in [-0.2, -0.15) is 0 Å². The molecular weight excluding hydrogens is 332 g/mol. The summed E-state index contributed by atoms with van der Waals surface area (Å²) in [4.78, 5) is 19.4. The van der Waals surface area contributed by atoms with E-state index in [1.807, 2.05) is 48.5 Å². The first-order valence-corrected chi connectivity index (χ1v) is 8.77. The zero-order chi connectivity index (χ0) is 18.0. The van der Waals surface area contributed by atoms with Gasteiger partial charge in [0, 0.05) is 7.05 Å². The lowest BCUT2D eigenvalue weighted by molar-refractivity contribution is -0.121. The normalized spacial score (nSPS) is 17.6. The molecule has 2 aromatic rings. The number of hydrogen-bond acceptors (Lipinski definition) is 4. The third-order valence-corrected chi connectivity index (χ3v) is 5.19. The minimum atomic E-state index is -0.0385. The Balaban J connectivity index is 1.87. The first-order valence-electron chi connectivity index (χ1n) is 7.95. The zero-order valence-corrected chi connectivity index (χ0v) is 15.6. The van der Waals surface area contributed by atoms with Gasteiger partial charge < -0.3 is 4.74 Å². The Morgan fingerprint density at radius 3 is 2.44 bits per heavy atom. The molecular formula is C20H20N2O2S. The van der Waals surface area contributed by atoms with Crippen molar-refractivity contribution >= 4 is 34.6 Å². The molecule has 0 bridgehead atoms. The summed E-state index contributed by atoms with van der Waals surface area (Å²) < 4.78 is 5.16. The molecule has 3 rings (SSSR count). The van der Waals surface area contributed by atoms with Crippen molar-refractivity contribution in [3.05, 3.63) is 64.1 Å². The van der Waals surface area contributed by atoms with Crippen molar-refractivity contribution in [1.82, 2.24) is 4.90 Å². The maximum Gasteiger partial charge on any atom is 0.266 e. The number of carbonyl (C=O) groups is 1. The van der Waals surface area contributed by atoms with Crippen LogP contribution in [0.2, 0.25) is 0 Å². The van der Waals surface area contributed by atoms with E-state index in [1.165, 1.54) is 22.9 Å². The number of hydrogen-bond donors (Lipinski definition) is 0. The van der Waals surface area contributed by atoms with Crippen LogP contribution in [0.4, 0.5) is 5.69 Å². The fourth-order valence-electron chi connectivity index (χ4n) is 2.41. The lowest BCUT2D eigenvalue weighted by Gasteiger charge is -2.08. The molecule has 1 aliphatic heterocycles. The smallest absolute Gasteiger partial charge is 0.266 e. The first kappa shape index (κ1) is 17.3. The summed E-state index contributed by atoms with van der Waals surface area (Å²) in [7, 11) is 3.39. The molecule has 5 heteroatoms. The standard InChI is InChI=1S/C20H20N2O2S/c1-13-5-8-16(11-14(13)2)21-20-22(3)19(23)18(25-20)12-15-6-9-17(24-4)10-7-15/h5-12H,1-4H3/b18-12+,21-20?. The van der Waals surface area contributed by atoms with Gasteiger partial charge in [0.05, 0.1) is 17.7 Å². The Labute approximate surface area is 152 Å². The highest BCUT2D eigenvalue weighted by molar-refractivity contribution is 8.18. The lowest BCUT2D eigenvalue weighted by Crippen LogP contribution is -2.23. The minimum absolute atomic E-state index is 0.0385. The molecule has 1 heterocycles. The summed E-state index contributed by atoms with van der Waals surface area (Å²) in [6.07, 6.45) is 1.88. The molecule has 0 unspecified atom stereocenters. The van der Waals surface area contributed by atoms with E-state index < -0.39 is 0 Å². The van der Waals surface area contributed by atoms with E-state index in [2.05, 4.69) is 18.8 Å². The largest absolute Gasteiger partial charge is 0.497 e. The third kappa shape index (κ3) is 3.77. The summed E-state index contributed by atoms with van der Waals surface area (Å²) >= 11 is 1.39. The Morgan fingerprint density at radius 2 is 1.80 bits per heavy atom. The van der Waals surface area contributed by atoms with Crippen molar-refractivity contribution < 1.29 is 9.53 Å². The molecule has 1 saturated heterocycles. The van der Waals surface area contributed by atoms with Gasteiger partial charge in [0.1, 0.15) is 5.75 Å². The van der Waals surface area contributed by atoms with Crippen molar-refractivity contribution in [3.63, 3.8) is 0 Å². The molecule has 4 nitrogen and oxygen atoms in total. The number of carbonyl (C=O) groups excluding carboxylic acids is 1. The van der Waals surface area contributed by atoms with E-state index in [1.54, 1.807) is 19.1 Å². The number of likely N-dealkylation sites (N-methyl/N-ethyl adjacent to an activating group) is 1. The second-order valence-corrected chi connectivity index (χ2v) is 6.92. The van der Waals surface area contributed by atoms with Crippen molar-refractivity contribution in [2.24, 2.45) is 4.99 Å². The van der Waals surface area contributed by atoms with Crippen LogP contribution in [0, 0.1) is 13.8 Å². The van der Waals surface area contributed by atoms with E-state index in [0.717, 1.165) is 17.0 Å². The van der Waals surface area contributed by atoms with Gasteiger partial charge in [0.2, 0.25) is 0 Å². The number of nitrogens with zero attached hydrogens (tertiary/aromatic N) is 2.